The van der Waals surface area contributed by atoms with E-state index in [-0.39, 0.29) is 43.7 Å². The molecule has 1 heterocycles. The molecule has 0 fully saturated rings. The predicted octanol–water partition coefficient (Wildman–Crippen LogP) is 3.07. The molecular formula is C40H48N4O11S. The largest absolute Gasteiger partial charge is 0.508 e. The Bertz CT molecular complexity index is 1900. The van der Waals surface area contributed by atoms with E-state index >= 15 is 0 Å². The van der Waals surface area contributed by atoms with Gasteiger partial charge in [0.05, 0.1) is 12.0 Å². The van der Waals surface area contributed by atoms with Gasteiger partial charge in [0.15, 0.2) is 0 Å². The van der Waals surface area contributed by atoms with E-state index in [1.54, 1.807) is 87.5 Å². The Morgan fingerprint density at radius 1 is 0.839 bits per heavy atom. The van der Waals surface area contributed by atoms with Crippen LogP contribution in [0.25, 0.3) is 0 Å². The van der Waals surface area contributed by atoms with E-state index in [9.17, 15) is 38.1 Å². The highest BCUT2D eigenvalue weighted by Crippen LogP contribution is 2.31. The van der Waals surface area contributed by atoms with Gasteiger partial charge in [0.25, 0.3) is 6.29 Å². The number of alkyl carbamates (subject to hydrolysis) is 1. The number of fused-ring (bicyclic) bond motifs is 1. The van der Waals surface area contributed by atoms with Crippen LogP contribution in [0, 0.1) is 0 Å². The number of amides is 4. The van der Waals surface area contributed by atoms with Crippen LogP contribution in [0.5, 0.6) is 5.75 Å². The average Bonchev–Trinajstić information content (AvgIpc) is 3.45. The zero-order valence-corrected chi connectivity index (χ0v) is 32.8. The molecule has 4 rings (SSSR count). The number of phenols is 1. The first kappa shape index (κ1) is 43.0. The van der Waals surface area contributed by atoms with Crippen LogP contribution in [0.4, 0.5) is 4.79 Å². The van der Waals surface area contributed by atoms with Crippen molar-refractivity contribution in [1.82, 2.24) is 20.9 Å². The van der Waals surface area contributed by atoms with Crippen LogP contribution in [0.3, 0.4) is 0 Å². The monoisotopic (exact) mass is 792 g/mol. The number of carbonyl (C=O) groups excluding carboxylic acids is 6. The molecule has 0 aliphatic carbocycles. The number of cyclic esters (lactones) is 1. The number of nitrogens with one attached hydrogen (secondary N) is 3. The molecule has 1 aliphatic rings. The van der Waals surface area contributed by atoms with Crippen LogP contribution in [0.1, 0.15) is 67.0 Å². The summed E-state index contributed by atoms with van der Waals surface area (Å²) in [6.45, 7) is 4.89. The van der Waals surface area contributed by atoms with Gasteiger partial charge in [0.2, 0.25) is 17.7 Å². The first-order chi connectivity index (χ1) is 26.5. The molecule has 4 amide bonds. The summed E-state index contributed by atoms with van der Waals surface area (Å²) in [5.41, 5.74) is 1.14. The molecule has 3 aromatic carbocycles. The quantitative estimate of drug-likeness (QED) is 0.146. The number of phenolic OH excluding ortho intramolecular Hbond substituents is 1. The van der Waals surface area contributed by atoms with Crippen LogP contribution in [0.2, 0.25) is 0 Å². The Hall–Kier alpha value is -5.77. The standard InChI is InChI=1S/C40H48N4O11S/c1-40(2,3)55-39(51)43-31(23-26-15-17-27(45)18-16-26)35(48)41-30(20-22-56(5)52)34(47)42-32(24-25-11-7-6-8-12-25)36(49)44(4)21-19-33(46)53-38-29-14-10-9-13-28(29)37(50)54-38/h6-18,30-32,38,45H,19-24H2,1-5H3,(H,41,48)(H,42,47)(H,43,51)/t30-,31+,32+,38?,56?/m1/s1. The number of hydrogen-bond donors (Lipinski definition) is 4. The van der Waals surface area contributed by atoms with Gasteiger partial charge in [-0.25, -0.2) is 9.59 Å². The van der Waals surface area contributed by atoms with Gasteiger partial charge >= 0.3 is 18.0 Å². The third kappa shape index (κ3) is 13.2. The summed E-state index contributed by atoms with van der Waals surface area (Å²) in [6.07, 6.45) is -0.925. The second-order valence-electron chi connectivity index (χ2n) is 14.3. The third-order valence-electron chi connectivity index (χ3n) is 8.52. The molecule has 4 N–H and O–H groups in total. The van der Waals surface area contributed by atoms with Gasteiger partial charge in [0, 0.05) is 54.8 Å². The maximum atomic E-state index is 14.0. The number of aromatic hydroxyl groups is 1. The second kappa shape index (κ2) is 19.7. The van der Waals surface area contributed by atoms with E-state index in [1.165, 1.54) is 30.3 Å². The van der Waals surface area contributed by atoms with Crippen LogP contribution in [-0.2, 0) is 57.0 Å². The second-order valence-corrected chi connectivity index (χ2v) is 15.8. The van der Waals surface area contributed by atoms with Gasteiger partial charge in [-0.05, 0) is 56.5 Å². The number of likely N-dealkylation sites (N-methyl/N-ethyl adjacent to an activating group) is 1. The highest BCUT2D eigenvalue weighted by Gasteiger charge is 2.35. The Balaban J connectivity index is 1.49. The zero-order chi connectivity index (χ0) is 41.0. The molecule has 2 unspecified atom stereocenters. The van der Waals surface area contributed by atoms with Crippen molar-refractivity contribution in [3.63, 3.8) is 0 Å². The van der Waals surface area contributed by atoms with E-state index in [2.05, 4.69) is 16.0 Å². The summed E-state index contributed by atoms with van der Waals surface area (Å²) < 4.78 is 28.1. The molecule has 0 saturated heterocycles. The van der Waals surface area contributed by atoms with Crippen LogP contribution in [0.15, 0.2) is 78.9 Å². The van der Waals surface area contributed by atoms with Crippen molar-refractivity contribution in [2.45, 2.75) is 76.5 Å². The maximum Gasteiger partial charge on any atom is 0.408 e. The lowest BCUT2D eigenvalue weighted by molar-refractivity contribution is -0.168. The SMILES string of the molecule is CN(CCC(=O)OC1OC(=O)c2ccccc21)C(=O)[C@H](Cc1ccccc1)NC(=O)[C@@H](CCS(C)=O)NC(=O)[C@H](Cc1ccc(O)cc1)NC(=O)OC(C)(C)C. The molecule has 1 aliphatic heterocycles. The Kier molecular flexibility index (Phi) is 15.1. The molecule has 16 heteroatoms. The number of hydrogen-bond acceptors (Lipinski definition) is 11. The molecule has 0 spiro atoms. The summed E-state index contributed by atoms with van der Waals surface area (Å²) in [5, 5.41) is 17.7. The average molecular weight is 793 g/mol. The fourth-order valence-corrected chi connectivity index (χ4v) is 6.26. The van der Waals surface area contributed by atoms with E-state index < -0.39 is 76.6 Å². The summed E-state index contributed by atoms with van der Waals surface area (Å²) in [4.78, 5) is 80.7. The van der Waals surface area contributed by atoms with Gasteiger partial charge in [0.1, 0.15) is 29.5 Å². The van der Waals surface area contributed by atoms with Crippen LogP contribution >= 0.6 is 0 Å². The van der Waals surface area contributed by atoms with Gasteiger partial charge in [-0.1, -0.05) is 60.7 Å². The number of rotatable bonds is 17. The minimum atomic E-state index is -1.36. The van der Waals surface area contributed by atoms with Crippen molar-refractivity contribution >= 4 is 46.6 Å². The number of ether oxygens (including phenoxy) is 3. The van der Waals surface area contributed by atoms with E-state index in [0.717, 1.165) is 0 Å². The molecule has 300 valence electrons. The van der Waals surface area contributed by atoms with Crippen molar-refractivity contribution in [2.24, 2.45) is 0 Å². The molecule has 0 bridgehead atoms. The molecular weight excluding hydrogens is 745 g/mol. The van der Waals surface area contributed by atoms with Crippen molar-refractivity contribution in [1.29, 1.82) is 0 Å². The molecule has 5 atom stereocenters. The highest BCUT2D eigenvalue weighted by molar-refractivity contribution is 7.84. The van der Waals surface area contributed by atoms with E-state index in [0.29, 0.717) is 22.3 Å². The fraction of sp³-hybridized carbons (Fsp3) is 0.400. The first-order valence-electron chi connectivity index (χ1n) is 18.0. The van der Waals surface area contributed by atoms with Gasteiger partial charge in [-0.3, -0.25) is 23.4 Å². The maximum absolute atomic E-state index is 14.0. The van der Waals surface area contributed by atoms with Gasteiger partial charge < -0.3 is 40.2 Å². The summed E-state index contributed by atoms with van der Waals surface area (Å²) in [5.74, 6) is -3.34. The Morgan fingerprint density at radius 2 is 1.43 bits per heavy atom. The molecule has 0 radical (unpaired) electrons. The minimum Gasteiger partial charge on any atom is -0.508 e. The van der Waals surface area contributed by atoms with Gasteiger partial charge in [-0.15, -0.1) is 0 Å². The fourth-order valence-electron chi connectivity index (χ4n) is 5.69. The normalized spacial score (nSPS) is 15.5. The van der Waals surface area contributed by atoms with Crippen molar-refractivity contribution < 1.29 is 52.3 Å². The van der Waals surface area contributed by atoms with Crippen LogP contribution in [-0.4, -0.2) is 99.3 Å². The topological polar surface area (TPSA) is 207 Å². The minimum absolute atomic E-state index is 0.00635. The molecule has 0 saturated carbocycles. The smallest absolute Gasteiger partial charge is 0.408 e. The molecule has 56 heavy (non-hydrogen) atoms. The lowest BCUT2D eigenvalue weighted by atomic mass is 10.0. The van der Waals surface area contributed by atoms with Crippen molar-refractivity contribution in [3.05, 3.63) is 101 Å². The summed E-state index contributed by atoms with van der Waals surface area (Å²) >= 11 is 0. The zero-order valence-electron chi connectivity index (χ0n) is 31.9. The molecule has 15 nitrogen and oxygen atoms in total. The van der Waals surface area contributed by atoms with Gasteiger partial charge in [-0.2, -0.15) is 0 Å². The molecule has 0 aromatic heterocycles. The lowest BCUT2D eigenvalue weighted by Gasteiger charge is -2.28. The third-order valence-corrected chi connectivity index (χ3v) is 9.33. The summed E-state index contributed by atoms with van der Waals surface area (Å²) in [6, 6.07) is 17.8. The predicted molar refractivity (Wildman–Crippen MR) is 205 cm³/mol. The first-order valence-corrected chi connectivity index (χ1v) is 19.7. The number of esters is 2. The summed E-state index contributed by atoms with van der Waals surface area (Å²) in [7, 11) is 0.101. The van der Waals surface area contributed by atoms with Crippen molar-refractivity contribution in [3.8, 4) is 5.75 Å². The number of benzene rings is 3. The Morgan fingerprint density at radius 3 is 2.09 bits per heavy atom. The van der Waals surface area contributed by atoms with Crippen molar-refractivity contribution in [2.75, 3.05) is 25.6 Å². The number of nitrogens with zero attached hydrogens (tertiary/aromatic N) is 1. The number of carbonyl (C=O) groups is 6. The van der Waals surface area contributed by atoms with E-state index in [4.69, 9.17) is 14.2 Å². The van der Waals surface area contributed by atoms with Crippen LogP contribution < -0.4 is 16.0 Å². The Labute approximate surface area is 327 Å². The lowest BCUT2D eigenvalue weighted by Crippen LogP contribution is -2.58. The molecule has 3 aromatic rings. The van der Waals surface area contributed by atoms with E-state index in [1.807, 2.05) is 0 Å². The highest BCUT2D eigenvalue weighted by atomic mass is 32.2.